The summed E-state index contributed by atoms with van der Waals surface area (Å²) in [6.45, 7) is 16.4. The maximum Gasteiger partial charge on any atom is 0.0131 e. The van der Waals surface area contributed by atoms with Crippen molar-refractivity contribution in [2.75, 3.05) is 52.9 Å². The summed E-state index contributed by atoms with van der Waals surface area (Å²) in [6.07, 6.45) is 2.56. The number of hydrogen-bond acceptors (Lipinski definition) is 4. The molecule has 0 saturated carbocycles. The summed E-state index contributed by atoms with van der Waals surface area (Å²) < 4.78 is 0. The van der Waals surface area contributed by atoms with Crippen LogP contribution in [0.15, 0.2) is 0 Å². The fourth-order valence-corrected chi connectivity index (χ4v) is 2.53. The van der Waals surface area contributed by atoms with E-state index in [9.17, 15) is 0 Å². The van der Waals surface area contributed by atoms with Crippen LogP contribution in [-0.2, 0) is 0 Å². The van der Waals surface area contributed by atoms with Crippen LogP contribution in [0.1, 0.15) is 40.5 Å². The van der Waals surface area contributed by atoms with Crippen LogP contribution in [0, 0.1) is 5.92 Å². The summed E-state index contributed by atoms with van der Waals surface area (Å²) in [5.41, 5.74) is 0. The van der Waals surface area contributed by atoms with Crippen molar-refractivity contribution in [3.05, 3.63) is 0 Å². The van der Waals surface area contributed by atoms with Crippen molar-refractivity contribution in [2.45, 2.75) is 40.5 Å². The molecule has 116 valence electrons. The molecule has 2 heterocycles. The summed E-state index contributed by atoms with van der Waals surface area (Å²) in [6, 6.07) is 0. The predicted molar refractivity (Wildman–Crippen MR) is 85.1 cm³/mol. The lowest BCUT2D eigenvalue weighted by atomic mass is 9.97. The quantitative estimate of drug-likeness (QED) is 0.779. The van der Waals surface area contributed by atoms with E-state index in [0.29, 0.717) is 0 Å². The summed E-state index contributed by atoms with van der Waals surface area (Å²) in [5, 5.41) is 1.96. The molecule has 2 aliphatic rings. The molecule has 2 fully saturated rings. The molecule has 0 amide bonds. The monoisotopic (exact) mass is 272 g/mol. The topological polar surface area (TPSA) is 35.7 Å². The van der Waals surface area contributed by atoms with E-state index in [-0.39, 0.29) is 0 Å². The standard InChI is InChI=1S/C11H24N4.2C2H6/c1-13-6-8-14(9-7-13)10-11-2-4-15(12)5-3-11;2*1-2/h11H,2-10,12H2,1H3;2*1-2H3. The van der Waals surface area contributed by atoms with Gasteiger partial charge in [0.15, 0.2) is 0 Å². The Bertz CT molecular complexity index is 163. The van der Waals surface area contributed by atoms with E-state index in [2.05, 4.69) is 16.8 Å². The summed E-state index contributed by atoms with van der Waals surface area (Å²) in [7, 11) is 2.21. The number of hydrazine groups is 1. The first-order valence-electron chi connectivity index (χ1n) is 8.14. The van der Waals surface area contributed by atoms with Gasteiger partial charge in [0.2, 0.25) is 0 Å². The smallest absolute Gasteiger partial charge is 0.0131 e. The maximum atomic E-state index is 5.76. The lowest BCUT2D eigenvalue weighted by Gasteiger charge is -2.36. The van der Waals surface area contributed by atoms with Gasteiger partial charge in [0, 0.05) is 45.8 Å². The molecule has 2 aliphatic heterocycles. The molecular formula is C15H36N4. The molecule has 2 rings (SSSR count). The average molecular weight is 272 g/mol. The van der Waals surface area contributed by atoms with Gasteiger partial charge in [-0.05, 0) is 25.8 Å². The molecule has 4 heteroatoms. The van der Waals surface area contributed by atoms with Crippen LogP contribution in [0.3, 0.4) is 0 Å². The van der Waals surface area contributed by atoms with Crippen molar-refractivity contribution in [2.24, 2.45) is 11.8 Å². The summed E-state index contributed by atoms with van der Waals surface area (Å²) in [5.74, 6) is 6.64. The highest BCUT2D eigenvalue weighted by Crippen LogP contribution is 2.17. The molecular weight excluding hydrogens is 236 g/mol. The Labute approximate surface area is 120 Å². The Morgan fingerprint density at radius 2 is 1.32 bits per heavy atom. The minimum atomic E-state index is 0.883. The fourth-order valence-electron chi connectivity index (χ4n) is 2.53. The number of nitrogens with two attached hydrogens (primary N) is 1. The molecule has 0 bridgehead atoms. The zero-order chi connectivity index (χ0) is 14.7. The second-order valence-corrected chi connectivity index (χ2v) is 5.08. The van der Waals surface area contributed by atoms with Gasteiger partial charge in [0.1, 0.15) is 0 Å². The number of piperidine rings is 1. The van der Waals surface area contributed by atoms with Crippen LogP contribution in [-0.4, -0.2) is 67.7 Å². The van der Waals surface area contributed by atoms with Crippen molar-refractivity contribution in [1.29, 1.82) is 0 Å². The van der Waals surface area contributed by atoms with Crippen LogP contribution >= 0.6 is 0 Å². The number of nitrogens with zero attached hydrogens (tertiary/aromatic N) is 3. The highest BCUT2D eigenvalue weighted by atomic mass is 15.4. The Morgan fingerprint density at radius 3 is 1.79 bits per heavy atom. The van der Waals surface area contributed by atoms with Gasteiger partial charge < -0.3 is 9.80 Å². The minimum Gasteiger partial charge on any atom is -0.304 e. The van der Waals surface area contributed by atoms with Crippen LogP contribution in [0.5, 0.6) is 0 Å². The fraction of sp³-hybridized carbons (Fsp3) is 1.00. The summed E-state index contributed by atoms with van der Waals surface area (Å²) >= 11 is 0. The first-order chi connectivity index (χ1) is 9.24. The van der Waals surface area contributed by atoms with Crippen LogP contribution in [0.25, 0.3) is 0 Å². The highest BCUT2D eigenvalue weighted by Gasteiger charge is 2.21. The molecule has 19 heavy (non-hydrogen) atoms. The van der Waals surface area contributed by atoms with E-state index >= 15 is 0 Å². The second kappa shape index (κ2) is 11.6. The van der Waals surface area contributed by atoms with Crippen LogP contribution < -0.4 is 5.84 Å². The number of hydrogen-bond donors (Lipinski definition) is 1. The van der Waals surface area contributed by atoms with E-state index in [1.54, 1.807) is 0 Å². The Hall–Kier alpha value is -0.160. The highest BCUT2D eigenvalue weighted by molar-refractivity contribution is 4.76. The van der Waals surface area contributed by atoms with Gasteiger partial charge >= 0.3 is 0 Å². The first-order valence-corrected chi connectivity index (χ1v) is 8.14. The SMILES string of the molecule is CC.CC.CN1CCN(CC2CCN(N)CC2)CC1. The second-order valence-electron chi connectivity index (χ2n) is 5.08. The molecule has 0 aromatic rings. The van der Waals surface area contributed by atoms with Gasteiger partial charge in [-0.2, -0.15) is 0 Å². The van der Waals surface area contributed by atoms with Gasteiger partial charge in [-0.25, -0.2) is 5.01 Å². The van der Waals surface area contributed by atoms with E-state index in [4.69, 9.17) is 5.84 Å². The molecule has 2 saturated heterocycles. The van der Waals surface area contributed by atoms with Crippen LogP contribution in [0.4, 0.5) is 0 Å². The molecule has 0 atom stereocenters. The van der Waals surface area contributed by atoms with Crippen LogP contribution in [0.2, 0.25) is 0 Å². The zero-order valence-corrected chi connectivity index (χ0v) is 13.9. The molecule has 0 aliphatic carbocycles. The molecule has 0 radical (unpaired) electrons. The minimum absolute atomic E-state index is 0.883. The van der Waals surface area contributed by atoms with E-state index in [1.807, 2.05) is 32.7 Å². The molecule has 2 N–H and O–H groups in total. The van der Waals surface area contributed by atoms with E-state index < -0.39 is 0 Å². The van der Waals surface area contributed by atoms with Crippen molar-refractivity contribution in [3.8, 4) is 0 Å². The Morgan fingerprint density at radius 1 is 0.842 bits per heavy atom. The maximum absolute atomic E-state index is 5.76. The van der Waals surface area contributed by atoms with Gasteiger partial charge in [0.25, 0.3) is 0 Å². The predicted octanol–water partition coefficient (Wildman–Crippen LogP) is 1.87. The lowest BCUT2D eigenvalue weighted by molar-refractivity contribution is 0.106. The largest absolute Gasteiger partial charge is 0.304 e. The van der Waals surface area contributed by atoms with Gasteiger partial charge in [-0.3, -0.25) is 5.84 Å². The Kier molecular flexibility index (Phi) is 11.6. The van der Waals surface area contributed by atoms with Crippen molar-refractivity contribution < 1.29 is 0 Å². The molecule has 0 spiro atoms. The first kappa shape index (κ1) is 18.8. The third-order valence-electron chi connectivity index (χ3n) is 3.76. The van der Waals surface area contributed by atoms with Crippen molar-refractivity contribution in [1.82, 2.24) is 14.8 Å². The third-order valence-corrected chi connectivity index (χ3v) is 3.76. The zero-order valence-electron chi connectivity index (χ0n) is 13.9. The van der Waals surface area contributed by atoms with Gasteiger partial charge in [0.05, 0.1) is 0 Å². The number of piperazine rings is 1. The number of likely N-dealkylation sites (N-methyl/N-ethyl adjacent to an activating group) is 1. The molecule has 0 aromatic heterocycles. The Balaban J connectivity index is 0.000000741. The molecule has 0 unspecified atom stereocenters. The van der Waals surface area contributed by atoms with E-state index in [1.165, 1.54) is 45.6 Å². The van der Waals surface area contributed by atoms with Gasteiger partial charge in [-0.15, -0.1) is 0 Å². The van der Waals surface area contributed by atoms with Gasteiger partial charge in [-0.1, -0.05) is 27.7 Å². The third kappa shape index (κ3) is 7.88. The normalized spacial score (nSPS) is 23.1. The molecule has 0 aromatic carbocycles. The molecule has 4 nitrogen and oxygen atoms in total. The summed E-state index contributed by atoms with van der Waals surface area (Å²) in [4.78, 5) is 5.04. The average Bonchev–Trinajstić information content (AvgIpc) is 2.48. The lowest BCUT2D eigenvalue weighted by Crippen LogP contribution is -2.48. The van der Waals surface area contributed by atoms with E-state index in [0.717, 1.165) is 19.0 Å². The number of rotatable bonds is 2. The van der Waals surface area contributed by atoms with Crippen molar-refractivity contribution >= 4 is 0 Å². The van der Waals surface area contributed by atoms with Crippen molar-refractivity contribution in [3.63, 3.8) is 0 Å².